The minimum atomic E-state index is -2.42. The Bertz CT molecular complexity index is 527. The van der Waals surface area contributed by atoms with E-state index in [2.05, 4.69) is 4.74 Å². The van der Waals surface area contributed by atoms with Gasteiger partial charge in [-0.15, -0.1) is 33.2 Å². The monoisotopic (exact) mass is 422 g/mol. The summed E-state index contributed by atoms with van der Waals surface area (Å²) in [6.07, 6.45) is 9.78. The first kappa shape index (κ1) is 22.4. The maximum Gasteiger partial charge on any atom is 0.341 e. The Labute approximate surface area is 165 Å². The van der Waals surface area contributed by atoms with Crippen molar-refractivity contribution >= 4 is 51.3 Å². The molecule has 0 atom stereocenters. The predicted molar refractivity (Wildman–Crippen MR) is 109 cm³/mol. The number of halogens is 3. The Morgan fingerprint density at radius 3 is 2.20 bits per heavy atom. The van der Waals surface area contributed by atoms with E-state index in [0.29, 0.717) is 6.61 Å². The largest absolute Gasteiger partial charge is 0.494 e. The van der Waals surface area contributed by atoms with Crippen molar-refractivity contribution in [3.63, 3.8) is 0 Å². The molecule has 0 amide bonds. The highest BCUT2D eigenvalue weighted by atomic mass is 35.8. The number of ether oxygens (including phenoxy) is 2. The van der Waals surface area contributed by atoms with Crippen LogP contribution in [0.5, 0.6) is 5.75 Å². The Morgan fingerprint density at radius 1 is 1.00 bits per heavy atom. The van der Waals surface area contributed by atoms with Crippen LogP contribution in [-0.4, -0.2) is 25.7 Å². The van der Waals surface area contributed by atoms with Crippen LogP contribution in [0.2, 0.25) is 6.04 Å². The highest BCUT2D eigenvalue weighted by Gasteiger charge is 2.23. The van der Waals surface area contributed by atoms with E-state index < -0.39 is 6.00 Å². The van der Waals surface area contributed by atoms with E-state index in [-0.39, 0.29) is 5.97 Å². The first-order chi connectivity index (χ1) is 11.9. The summed E-state index contributed by atoms with van der Waals surface area (Å²) in [7, 11) is 1.36. The number of hydrogen-bond donors (Lipinski definition) is 0. The van der Waals surface area contributed by atoms with E-state index >= 15 is 0 Å². The molecule has 1 aromatic rings. The van der Waals surface area contributed by atoms with Gasteiger partial charge in [-0.25, -0.2) is 4.79 Å². The fourth-order valence-corrected chi connectivity index (χ4v) is 4.09. The molecule has 0 saturated heterocycles. The van der Waals surface area contributed by atoms with E-state index in [9.17, 15) is 4.79 Å². The number of methoxy groups -OCH3 is 1. The van der Waals surface area contributed by atoms with Crippen molar-refractivity contribution in [1.82, 2.24) is 0 Å². The summed E-state index contributed by atoms with van der Waals surface area (Å²) in [4.78, 5) is 11.0. The van der Waals surface area contributed by atoms with Gasteiger partial charge in [0, 0.05) is 6.08 Å². The zero-order chi connectivity index (χ0) is 18.5. The Hall–Kier alpha value is -0.683. The number of unbranched alkanes of at least 4 members (excludes halogenated alkanes) is 5. The molecule has 0 heterocycles. The molecule has 1 rings (SSSR count). The van der Waals surface area contributed by atoms with Gasteiger partial charge < -0.3 is 9.47 Å². The Morgan fingerprint density at radius 2 is 1.60 bits per heavy atom. The molecule has 3 nitrogen and oxygen atoms in total. The van der Waals surface area contributed by atoms with Gasteiger partial charge in [-0.1, -0.05) is 44.2 Å². The first-order valence-electron chi connectivity index (χ1n) is 8.46. The van der Waals surface area contributed by atoms with Gasteiger partial charge in [0.15, 0.2) is 0 Å². The van der Waals surface area contributed by atoms with Gasteiger partial charge in [-0.05, 0) is 36.2 Å². The minimum absolute atomic E-state index is 0.366. The van der Waals surface area contributed by atoms with Crippen LogP contribution in [0.3, 0.4) is 0 Å². The lowest BCUT2D eigenvalue weighted by atomic mass is 10.1. The molecule has 140 valence electrons. The average Bonchev–Trinajstić information content (AvgIpc) is 2.58. The molecule has 1 aromatic carbocycles. The maximum atomic E-state index is 11.0. The molecule has 0 spiro atoms. The molecule has 0 aliphatic carbocycles. The smallest absolute Gasteiger partial charge is 0.341 e. The number of rotatable bonds is 12. The Balaban J connectivity index is 2.08. The molecule has 25 heavy (non-hydrogen) atoms. The van der Waals surface area contributed by atoms with Gasteiger partial charge in [0.2, 0.25) is 0 Å². The number of esters is 1. The fraction of sp³-hybridized carbons (Fsp3) is 0.500. The fourth-order valence-electron chi connectivity index (χ4n) is 2.23. The Kier molecular flexibility index (Phi) is 11.3. The predicted octanol–water partition coefficient (Wildman–Crippen LogP) is 6.25. The molecule has 0 aliphatic heterocycles. The zero-order valence-electron chi connectivity index (χ0n) is 14.5. The van der Waals surface area contributed by atoms with Crippen LogP contribution in [0, 0.1) is 0 Å². The van der Waals surface area contributed by atoms with Crippen molar-refractivity contribution < 1.29 is 14.3 Å². The van der Waals surface area contributed by atoms with Crippen molar-refractivity contribution in [3.8, 4) is 5.75 Å². The quantitative estimate of drug-likeness (QED) is 0.131. The molecule has 0 aliphatic rings. The molecule has 0 fully saturated rings. The normalized spacial score (nSPS) is 11.7. The lowest BCUT2D eigenvalue weighted by Gasteiger charge is -2.08. The van der Waals surface area contributed by atoms with E-state index in [1.54, 1.807) is 6.08 Å². The molecule has 0 saturated carbocycles. The van der Waals surface area contributed by atoms with Crippen LogP contribution in [0.1, 0.15) is 44.1 Å². The van der Waals surface area contributed by atoms with E-state index in [1.165, 1.54) is 26.0 Å². The van der Waals surface area contributed by atoms with Crippen molar-refractivity contribution in [2.24, 2.45) is 0 Å². The van der Waals surface area contributed by atoms with Gasteiger partial charge in [0.1, 0.15) is 5.75 Å². The summed E-state index contributed by atoms with van der Waals surface area (Å²) in [6, 6.07) is 5.94. The van der Waals surface area contributed by atoms with Crippen molar-refractivity contribution in [3.05, 3.63) is 35.9 Å². The molecule has 0 bridgehead atoms. The summed E-state index contributed by atoms with van der Waals surface area (Å²) >= 11 is 17.5. The highest BCUT2D eigenvalue weighted by molar-refractivity contribution is 7.64. The standard InChI is InChI=1S/C18H25Cl3O3Si/c1-23-18(22)13-10-16-8-11-17(12-9-16)24-14-6-4-2-3-5-7-15-25(19,20)21/h8-13H,2-7,14-15H2,1H3. The summed E-state index contributed by atoms with van der Waals surface area (Å²) in [5.41, 5.74) is 0.927. The minimum Gasteiger partial charge on any atom is -0.494 e. The third kappa shape index (κ3) is 12.3. The average molecular weight is 424 g/mol. The molecule has 0 N–H and O–H groups in total. The van der Waals surface area contributed by atoms with Gasteiger partial charge in [-0.3, -0.25) is 0 Å². The molecular weight excluding hydrogens is 399 g/mol. The molecule has 0 unspecified atom stereocenters. The van der Waals surface area contributed by atoms with E-state index in [1.807, 2.05) is 24.3 Å². The summed E-state index contributed by atoms with van der Waals surface area (Å²) in [6.45, 7) is 0.707. The molecule has 7 heteroatoms. The van der Waals surface area contributed by atoms with Gasteiger partial charge >= 0.3 is 12.0 Å². The summed E-state index contributed by atoms with van der Waals surface area (Å²) < 4.78 is 10.3. The van der Waals surface area contributed by atoms with Gasteiger partial charge in [-0.2, -0.15) is 0 Å². The van der Waals surface area contributed by atoms with Gasteiger partial charge in [0.25, 0.3) is 0 Å². The van der Waals surface area contributed by atoms with E-state index in [4.69, 9.17) is 38.0 Å². The third-order valence-corrected chi connectivity index (χ3v) is 6.24. The maximum absolute atomic E-state index is 11.0. The van der Waals surface area contributed by atoms with Crippen LogP contribution in [0.4, 0.5) is 0 Å². The number of hydrogen-bond acceptors (Lipinski definition) is 3. The van der Waals surface area contributed by atoms with Crippen LogP contribution in [0.25, 0.3) is 6.08 Å². The second-order valence-corrected chi connectivity index (χ2v) is 15.0. The lowest BCUT2D eigenvalue weighted by molar-refractivity contribution is -0.134. The van der Waals surface area contributed by atoms with Crippen LogP contribution >= 0.6 is 33.2 Å². The first-order valence-corrected chi connectivity index (χ1v) is 13.7. The van der Waals surface area contributed by atoms with Crippen LogP contribution in [0.15, 0.2) is 30.3 Å². The lowest BCUT2D eigenvalue weighted by Crippen LogP contribution is -2.07. The summed E-state index contributed by atoms with van der Waals surface area (Å²) in [5.74, 6) is 0.470. The van der Waals surface area contributed by atoms with Crippen molar-refractivity contribution in [2.45, 2.75) is 44.6 Å². The second kappa shape index (κ2) is 12.6. The number of benzene rings is 1. The number of carbonyl (C=O) groups is 1. The second-order valence-electron chi connectivity index (χ2n) is 5.76. The highest BCUT2D eigenvalue weighted by Crippen LogP contribution is 2.27. The topological polar surface area (TPSA) is 35.5 Å². The molecular formula is C18H25Cl3O3Si. The van der Waals surface area contributed by atoms with Crippen LogP contribution in [-0.2, 0) is 9.53 Å². The van der Waals surface area contributed by atoms with Crippen molar-refractivity contribution in [1.29, 1.82) is 0 Å². The summed E-state index contributed by atoms with van der Waals surface area (Å²) in [5, 5.41) is 0. The van der Waals surface area contributed by atoms with E-state index in [0.717, 1.165) is 43.0 Å². The molecule has 0 radical (unpaired) electrons. The SMILES string of the molecule is COC(=O)C=Cc1ccc(OCCCCCCCC[Si](Cl)(Cl)Cl)cc1. The number of carbonyl (C=O) groups excluding carboxylic acids is 1. The third-order valence-electron chi connectivity index (χ3n) is 3.62. The van der Waals surface area contributed by atoms with Gasteiger partial charge in [0.05, 0.1) is 13.7 Å². The zero-order valence-corrected chi connectivity index (χ0v) is 17.7. The molecule has 0 aromatic heterocycles. The van der Waals surface area contributed by atoms with Crippen LogP contribution < -0.4 is 4.74 Å². The van der Waals surface area contributed by atoms with Crippen molar-refractivity contribution in [2.75, 3.05) is 13.7 Å².